The Balaban J connectivity index is 1.96. The van der Waals surface area contributed by atoms with E-state index < -0.39 is 0 Å². The fraction of sp³-hybridized carbons (Fsp3) is 0.133. The number of hydrogen-bond donors (Lipinski definition) is 0. The molecule has 3 heteroatoms. The van der Waals surface area contributed by atoms with Crippen molar-refractivity contribution in [3.8, 4) is 5.88 Å². The minimum absolute atomic E-state index is 0.639. The topological polar surface area (TPSA) is 22.1 Å². The molecule has 0 amide bonds. The summed E-state index contributed by atoms with van der Waals surface area (Å²) in [6, 6.07) is 12.2. The van der Waals surface area contributed by atoms with Crippen LogP contribution in [-0.2, 0) is 6.42 Å². The predicted molar refractivity (Wildman–Crippen MR) is 77.7 cm³/mol. The largest absolute Gasteiger partial charge is 0.481 e. The fourth-order valence-corrected chi connectivity index (χ4v) is 1.83. The van der Waals surface area contributed by atoms with E-state index in [0.29, 0.717) is 5.88 Å². The molecule has 0 bridgehead atoms. The zero-order valence-electron chi connectivity index (χ0n) is 10.1. The molecule has 1 heterocycles. The molecule has 0 N–H and O–H groups in total. The van der Waals surface area contributed by atoms with Crippen molar-refractivity contribution in [1.82, 2.24) is 4.98 Å². The van der Waals surface area contributed by atoms with Crippen molar-refractivity contribution in [2.24, 2.45) is 0 Å². The average molecular weight is 304 g/mol. The van der Waals surface area contributed by atoms with E-state index in [1.165, 1.54) is 5.56 Å². The minimum Gasteiger partial charge on any atom is -0.481 e. The summed E-state index contributed by atoms with van der Waals surface area (Å²) in [4.78, 5) is 4.15. The van der Waals surface area contributed by atoms with E-state index >= 15 is 0 Å². The van der Waals surface area contributed by atoms with Crippen molar-refractivity contribution in [1.29, 1.82) is 0 Å². The molecular weight excluding hydrogens is 290 g/mol. The van der Waals surface area contributed by atoms with Crippen LogP contribution in [0, 0.1) is 0 Å². The summed E-state index contributed by atoms with van der Waals surface area (Å²) in [5, 5.41) is 0. The van der Waals surface area contributed by atoms with Gasteiger partial charge in [0, 0.05) is 16.7 Å². The molecule has 0 spiro atoms. The first kappa shape index (κ1) is 12.8. The number of allylic oxidation sites excluding steroid dienone is 1. The van der Waals surface area contributed by atoms with Gasteiger partial charge in [0.1, 0.15) is 0 Å². The third kappa shape index (κ3) is 3.70. The van der Waals surface area contributed by atoms with Crippen LogP contribution in [0.15, 0.2) is 53.1 Å². The van der Waals surface area contributed by atoms with E-state index in [1.54, 1.807) is 13.3 Å². The Morgan fingerprint density at radius 3 is 2.56 bits per heavy atom. The van der Waals surface area contributed by atoms with Crippen molar-refractivity contribution >= 4 is 22.0 Å². The maximum Gasteiger partial charge on any atom is 0.212 e. The second-order valence-corrected chi connectivity index (χ2v) is 4.78. The quantitative estimate of drug-likeness (QED) is 0.848. The SMILES string of the molecule is COc1ccc(/C=C/Cc2ccc(Br)cc2)cn1. The van der Waals surface area contributed by atoms with Gasteiger partial charge in [0.15, 0.2) is 0 Å². The number of nitrogens with zero attached hydrogens (tertiary/aromatic N) is 1. The van der Waals surface area contributed by atoms with E-state index in [0.717, 1.165) is 16.5 Å². The van der Waals surface area contributed by atoms with E-state index in [-0.39, 0.29) is 0 Å². The van der Waals surface area contributed by atoms with Gasteiger partial charge in [0.2, 0.25) is 5.88 Å². The number of ether oxygens (including phenoxy) is 1. The van der Waals surface area contributed by atoms with Gasteiger partial charge in [-0.15, -0.1) is 0 Å². The van der Waals surface area contributed by atoms with E-state index in [4.69, 9.17) is 4.74 Å². The number of rotatable bonds is 4. The Bertz CT molecular complexity index is 517. The second kappa shape index (κ2) is 6.36. The molecule has 0 radical (unpaired) electrons. The van der Waals surface area contributed by atoms with E-state index in [2.05, 4.69) is 57.3 Å². The molecule has 18 heavy (non-hydrogen) atoms. The lowest BCUT2D eigenvalue weighted by atomic mass is 10.1. The zero-order chi connectivity index (χ0) is 12.8. The van der Waals surface area contributed by atoms with Gasteiger partial charge in [0.25, 0.3) is 0 Å². The van der Waals surface area contributed by atoms with Crippen molar-refractivity contribution in [2.75, 3.05) is 7.11 Å². The van der Waals surface area contributed by atoms with Crippen molar-refractivity contribution in [3.05, 3.63) is 64.3 Å². The summed E-state index contributed by atoms with van der Waals surface area (Å²) in [6.45, 7) is 0. The van der Waals surface area contributed by atoms with Crippen molar-refractivity contribution in [3.63, 3.8) is 0 Å². The molecule has 0 saturated carbocycles. The van der Waals surface area contributed by atoms with Crippen molar-refractivity contribution in [2.45, 2.75) is 6.42 Å². The summed E-state index contributed by atoms with van der Waals surface area (Å²) in [7, 11) is 1.62. The van der Waals surface area contributed by atoms with Crippen LogP contribution in [0.2, 0.25) is 0 Å². The van der Waals surface area contributed by atoms with Gasteiger partial charge < -0.3 is 4.74 Å². The van der Waals surface area contributed by atoms with Crippen LogP contribution in [-0.4, -0.2) is 12.1 Å². The van der Waals surface area contributed by atoms with Gasteiger partial charge in [-0.05, 0) is 35.7 Å². The first-order chi connectivity index (χ1) is 8.78. The summed E-state index contributed by atoms with van der Waals surface area (Å²) < 4.78 is 6.12. The number of aromatic nitrogens is 1. The van der Waals surface area contributed by atoms with Crippen LogP contribution >= 0.6 is 15.9 Å². The highest BCUT2D eigenvalue weighted by atomic mass is 79.9. The van der Waals surface area contributed by atoms with Crippen LogP contribution in [0.3, 0.4) is 0 Å². The Morgan fingerprint density at radius 2 is 1.94 bits per heavy atom. The molecule has 2 aromatic rings. The highest BCUT2D eigenvalue weighted by Crippen LogP contribution is 2.12. The molecule has 2 nitrogen and oxygen atoms in total. The Kier molecular flexibility index (Phi) is 4.53. The lowest BCUT2D eigenvalue weighted by Crippen LogP contribution is -1.86. The number of methoxy groups -OCH3 is 1. The first-order valence-corrected chi connectivity index (χ1v) is 6.48. The molecule has 92 valence electrons. The highest BCUT2D eigenvalue weighted by Gasteiger charge is 1.92. The Morgan fingerprint density at radius 1 is 1.17 bits per heavy atom. The summed E-state index contributed by atoms with van der Waals surface area (Å²) >= 11 is 3.43. The van der Waals surface area contributed by atoms with Crippen LogP contribution in [0.4, 0.5) is 0 Å². The summed E-state index contributed by atoms with van der Waals surface area (Å²) in [6.07, 6.45) is 6.91. The fourth-order valence-electron chi connectivity index (χ4n) is 1.56. The number of benzene rings is 1. The first-order valence-electron chi connectivity index (χ1n) is 5.69. The van der Waals surface area contributed by atoms with E-state index in [1.807, 2.05) is 12.1 Å². The van der Waals surface area contributed by atoms with Gasteiger partial charge in [-0.3, -0.25) is 0 Å². The van der Waals surface area contributed by atoms with Crippen LogP contribution < -0.4 is 4.74 Å². The normalized spacial score (nSPS) is 10.8. The molecule has 0 aliphatic heterocycles. The van der Waals surface area contributed by atoms with Gasteiger partial charge >= 0.3 is 0 Å². The standard InChI is InChI=1S/C15H14BrNO/c1-18-15-10-7-13(11-17-15)4-2-3-12-5-8-14(16)9-6-12/h2,4-11H,3H2,1H3/b4-2+. The second-order valence-electron chi connectivity index (χ2n) is 3.87. The zero-order valence-corrected chi connectivity index (χ0v) is 11.7. The number of halogens is 1. The summed E-state index contributed by atoms with van der Waals surface area (Å²) in [5.41, 5.74) is 2.36. The third-order valence-corrected chi connectivity index (χ3v) is 3.07. The van der Waals surface area contributed by atoms with Crippen LogP contribution in [0.1, 0.15) is 11.1 Å². The van der Waals surface area contributed by atoms with Gasteiger partial charge in [-0.25, -0.2) is 4.98 Å². The van der Waals surface area contributed by atoms with Gasteiger partial charge in [0.05, 0.1) is 7.11 Å². The maximum atomic E-state index is 5.01. The molecule has 0 aliphatic rings. The van der Waals surface area contributed by atoms with Crippen LogP contribution in [0.25, 0.3) is 6.08 Å². The predicted octanol–water partition coefficient (Wildman–Crippen LogP) is 4.11. The molecule has 0 atom stereocenters. The Hall–Kier alpha value is -1.61. The van der Waals surface area contributed by atoms with Crippen LogP contribution in [0.5, 0.6) is 5.88 Å². The monoisotopic (exact) mass is 303 g/mol. The highest BCUT2D eigenvalue weighted by molar-refractivity contribution is 9.10. The minimum atomic E-state index is 0.639. The molecular formula is C15H14BrNO. The molecule has 0 unspecified atom stereocenters. The molecule has 1 aromatic heterocycles. The molecule has 2 rings (SSSR count). The number of pyridine rings is 1. The smallest absolute Gasteiger partial charge is 0.212 e. The Labute approximate surface area is 115 Å². The lowest BCUT2D eigenvalue weighted by Gasteiger charge is -1.98. The third-order valence-electron chi connectivity index (χ3n) is 2.55. The molecule has 0 fully saturated rings. The van der Waals surface area contributed by atoms with Crippen molar-refractivity contribution < 1.29 is 4.74 Å². The van der Waals surface area contributed by atoms with Gasteiger partial charge in [-0.2, -0.15) is 0 Å². The molecule has 0 saturated heterocycles. The molecule has 1 aromatic carbocycles. The average Bonchev–Trinajstić information content (AvgIpc) is 2.42. The number of hydrogen-bond acceptors (Lipinski definition) is 2. The lowest BCUT2D eigenvalue weighted by molar-refractivity contribution is 0.398. The summed E-state index contributed by atoms with van der Waals surface area (Å²) in [5.74, 6) is 0.639. The van der Waals surface area contributed by atoms with Gasteiger partial charge in [-0.1, -0.05) is 40.2 Å². The molecule has 0 aliphatic carbocycles. The maximum absolute atomic E-state index is 5.01. The van der Waals surface area contributed by atoms with E-state index in [9.17, 15) is 0 Å².